The standard InChI is InChI=1S/C13H16ClFN6O/c1-7-10(13(15)20(4)18-7)5-16-17-11(22)6-21-9(3)12(14)8(2)19-21/h5H,6H2,1-4H3,(H,17,22)/b16-5+. The third kappa shape index (κ3) is 3.16. The Labute approximate surface area is 131 Å². The van der Waals surface area contributed by atoms with Crippen LogP contribution in [0.3, 0.4) is 0 Å². The van der Waals surface area contributed by atoms with Crippen LogP contribution in [-0.2, 0) is 18.4 Å². The summed E-state index contributed by atoms with van der Waals surface area (Å²) in [7, 11) is 1.49. The van der Waals surface area contributed by atoms with Crippen LogP contribution in [0.4, 0.5) is 4.39 Å². The van der Waals surface area contributed by atoms with E-state index in [1.54, 1.807) is 20.8 Å². The normalized spacial score (nSPS) is 11.4. The molecule has 2 heterocycles. The van der Waals surface area contributed by atoms with Gasteiger partial charge in [-0.15, -0.1) is 0 Å². The summed E-state index contributed by atoms with van der Waals surface area (Å²) in [6.45, 7) is 5.17. The van der Waals surface area contributed by atoms with Crippen molar-refractivity contribution in [2.24, 2.45) is 12.1 Å². The highest BCUT2D eigenvalue weighted by atomic mass is 35.5. The minimum atomic E-state index is -0.513. The summed E-state index contributed by atoms with van der Waals surface area (Å²) in [5.74, 6) is -0.902. The van der Waals surface area contributed by atoms with E-state index in [9.17, 15) is 9.18 Å². The Hall–Kier alpha value is -2.22. The largest absolute Gasteiger partial charge is 0.271 e. The van der Waals surface area contributed by atoms with E-state index in [1.165, 1.54) is 17.9 Å². The number of carbonyl (C=O) groups is 1. The second-order valence-electron chi connectivity index (χ2n) is 4.85. The Kier molecular flexibility index (Phi) is 4.60. The van der Waals surface area contributed by atoms with Gasteiger partial charge in [-0.3, -0.25) is 9.48 Å². The van der Waals surface area contributed by atoms with E-state index in [0.717, 1.165) is 4.68 Å². The molecule has 0 aromatic carbocycles. The van der Waals surface area contributed by atoms with Crippen molar-refractivity contribution in [3.63, 3.8) is 0 Å². The van der Waals surface area contributed by atoms with Crippen LogP contribution in [0.15, 0.2) is 5.10 Å². The Morgan fingerprint density at radius 1 is 1.36 bits per heavy atom. The summed E-state index contributed by atoms with van der Waals surface area (Å²) in [4.78, 5) is 11.8. The summed E-state index contributed by atoms with van der Waals surface area (Å²) < 4.78 is 16.3. The SMILES string of the molecule is Cc1nn(CC(=O)N/N=C/c2c(C)nn(C)c2F)c(C)c1Cl. The molecule has 2 aromatic heterocycles. The molecule has 0 fully saturated rings. The van der Waals surface area contributed by atoms with Gasteiger partial charge in [-0.1, -0.05) is 11.6 Å². The van der Waals surface area contributed by atoms with E-state index in [-0.39, 0.29) is 18.0 Å². The number of aryl methyl sites for hydroxylation is 3. The van der Waals surface area contributed by atoms with Gasteiger partial charge in [-0.05, 0) is 20.8 Å². The molecule has 1 amide bonds. The fourth-order valence-corrected chi connectivity index (χ4v) is 2.10. The summed E-state index contributed by atoms with van der Waals surface area (Å²) in [6.07, 6.45) is 1.23. The number of halogens is 2. The molecular formula is C13H16ClFN6O. The molecule has 0 aliphatic carbocycles. The Morgan fingerprint density at radius 3 is 2.55 bits per heavy atom. The molecule has 0 aliphatic rings. The van der Waals surface area contributed by atoms with Gasteiger partial charge in [0.25, 0.3) is 5.91 Å². The van der Waals surface area contributed by atoms with Gasteiger partial charge in [0.1, 0.15) is 6.54 Å². The molecule has 1 N–H and O–H groups in total. The van der Waals surface area contributed by atoms with Crippen LogP contribution in [0.25, 0.3) is 0 Å². The van der Waals surface area contributed by atoms with Gasteiger partial charge in [0.2, 0.25) is 5.95 Å². The molecule has 2 rings (SSSR count). The van der Waals surface area contributed by atoms with Gasteiger partial charge in [0, 0.05) is 7.05 Å². The fraction of sp³-hybridized carbons (Fsp3) is 0.385. The molecule has 0 bridgehead atoms. The Balaban J connectivity index is 2.01. The van der Waals surface area contributed by atoms with Gasteiger partial charge < -0.3 is 0 Å². The van der Waals surface area contributed by atoms with Crippen molar-refractivity contribution in [3.05, 3.63) is 33.6 Å². The third-order valence-electron chi connectivity index (χ3n) is 3.17. The molecule has 0 atom stereocenters. The van der Waals surface area contributed by atoms with Crippen molar-refractivity contribution >= 4 is 23.7 Å². The lowest BCUT2D eigenvalue weighted by molar-refractivity contribution is -0.121. The van der Waals surface area contributed by atoms with Gasteiger partial charge in [-0.2, -0.15) is 19.7 Å². The maximum Gasteiger partial charge on any atom is 0.261 e. The molecule has 2 aromatic rings. The van der Waals surface area contributed by atoms with Crippen molar-refractivity contribution in [1.82, 2.24) is 25.0 Å². The smallest absolute Gasteiger partial charge is 0.261 e. The lowest BCUT2D eigenvalue weighted by atomic mass is 10.3. The second kappa shape index (κ2) is 6.27. The number of amides is 1. The van der Waals surface area contributed by atoms with Crippen LogP contribution in [-0.4, -0.2) is 31.7 Å². The fourth-order valence-electron chi connectivity index (χ4n) is 1.96. The molecule has 7 nitrogen and oxygen atoms in total. The molecule has 0 saturated heterocycles. The van der Waals surface area contributed by atoms with E-state index in [4.69, 9.17) is 11.6 Å². The monoisotopic (exact) mass is 326 g/mol. The minimum Gasteiger partial charge on any atom is -0.271 e. The van der Waals surface area contributed by atoms with Crippen LogP contribution >= 0.6 is 11.6 Å². The summed E-state index contributed by atoms with van der Waals surface area (Å²) in [5.41, 5.74) is 4.40. The van der Waals surface area contributed by atoms with Gasteiger partial charge >= 0.3 is 0 Å². The van der Waals surface area contributed by atoms with E-state index < -0.39 is 5.95 Å². The van der Waals surface area contributed by atoms with Crippen LogP contribution < -0.4 is 5.43 Å². The molecule has 118 valence electrons. The predicted molar refractivity (Wildman–Crippen MR) is 80.4 cm³/mol. The first-order chi connectivity index (χ1) is 10.3. The summed E-state index contributed by atoms with van der Waals surface area (Å²) >= 11 is 6.01. The number of rotatable bonds is 4. The maximum atomic E-state index is 13.7. The highest BCUT2D eigenvalue weighted by Crippen LogP contribution is 2.18. The molecular weight excluding hydrogens is 311 g/mol. The highest BCUT2D eigenvalue weighted by Gasteiger charge is 2.13. The van der Waals surface area contributed by atoms with Gasteiger partial charge in [0.15, 0.2) is 0 Å². The molecule has 0 aliphatic heterocycles. The van der Waals surface area contributed by atoms with Crippen molar-refractivity contribution in [1.29, 1.82) is 0 Å². The molecule has 0 saturated carbocycles. The van der Waals surface area contributed by atoms with E-state index in [0.29, 0.717) is 22.1 Å². The average Bonchev–Trinajstić information content (AvgIpc) is 2.83. The van der Waals surface area contributed by atoms with Crippen LogP contribution in [0.5, 0.6) is 0 Å². The van der Waals surface area contributed by atoms with Crippen molar-refractivity contribution < 1.29 is 9.18 Å². The van der Waals surface area contributed by atoms with Crippen molar-refractivity contribution in [2.45, 2.75) is 27.3 Å². The zero-order valence-corrected chi connectivity index (χ0v) is 13.4. The maximum absolute atomic E-state index is 13.7. The molecule has 0 radical (unpaired) electrons. The van der Waals surface area contributed by atoms with Crippen LogP contribution in [0, 0.1) is 26.7 Å². The predicted octanol–water partition coefficient (Wildman–Crippen LogP) is 1.48. The summed E-state index contributed by atoms with van der Waals surface area (Å²) in [5, 5.41) is 12.3. The first-order valence-corrected chi connectivity index (χ1v) is 6.89. The number of hydrogen-bond acceptors (Lipinski definition) is 4. The Bertz CT molecular complexity index is 748. The van der Waals surface area contributed by atoms with Crippen LogP contribution in [0.1, 0.15) is 22.6 Å². The second-order valence-corrected chi connectivity index (χ2v) is 5.23. The van der Waals surface area contributed by atoms with Gasteiger partial charge in [-0.25, -0.2) is 10.1 Å². The molecule has 0 spiro atoms. The topological polar surface area (TPSA) is 77.1 Å². The number of nitrogens with one attached hydrogen (secondary N) is 1. The third-order valence-corrected chi connectivity index (χ3v) is 3.71. The van der Waals surface area contributed by atoms with Gasteiger partial charge in [0.05, 0.1) is 33.9 Å². The van der Waals surface area contributed by atoms with Crippen LogP contribution in [0.2, 0.25) is 5.02 Å². The lowest BCUT2D eigenvalue weighted by Crippen LogP contribution is -2.24. The summed E-state index contributed by atoms with van der Waals surface area (Å²) in [6, 6.07) is 0. The first kappa shape index (κ1) is 16.2. The molecule has 9 heteroatoms. The number of nitrogens with zero attached hydrogens (tertiary/aromatic N) is 5. The highest BCUT2D eigenvalue weighted by molar-refractivity contribution is 6.31. The molecule has 0 unspecified atom stereocenters. The zero-order chi connectivity index (χ0) is 16.4. The minimum absolute atomic E-state index is 0.0226. The Morgan fingerprint density at radius 2 is 2.05 bits per heavy atom. The molecule has 22 heavy (non-hydrogen) atoms. The van der Waals surface area contributed by atoms with E-state index in [2.05, 4.69) is 20.7 Å². The lowest BCUT2D eigenvalue weighted by Gasteiger charge is -2.02. The van der Waals surface area contributed by atoms with Crippen molar-refractivity contribution in [3.8, 4) is 0 Å². The number of hydrazone groups is 1. The van der Waals surface area contributed by atoms with E-state index >= 15 is 0 Å². The number of aromatic nitrogens is 4. The first-order valence-electron chi connectivity index (χ1n) is 6.51. The quantitative estimate of drug-likeness (QED) is 0.683. The van der Waals surface area contributed by atoms with Crippen molar-refractivity contribution in [2.75, 3.05) is 0 Å². The van der Waals surface area contributed by atoms with E-state index in [1.807, 2.05) is 0 Å². The average molecular weight is 327 g/mol. The number of hydrogen-bond donors (Lipinski definition) is 1. The zero-order valence-electron chi connectivity index (χ0n) is 12.7. The number of carbonyl (C=O) groups excluding carboxylic acids is 1.